The molecule has 3 heteroatoms. The summed E-state index contributed by atoms with van der Waals surface area (Å²) in [6, 6.07) is 11.6. The summed E-state index contributed by atoms with van der Waals surface area (Å²) in [6.45, 7) is 2.80. The van der Waals surface area contributed by atoms with Gasteiger partial charge in [-0.1, -0.05) is 18.2 Å². The van der Waals surface area contributed by atoms with Crippen molar-refractivity contribution >= 4 is 28.4 Å². The molecule has 0 aliphatic heterocycles. The molecule has 0 saturated heterocycles. The summed E-state index contributed by atoms with van der Waals surface area (Å²) in [4.78, 5) is 22.9. The predicted molar refractivity (Wildman–Crippen MR) is 79.8 cm³/mol. The molecule has 102 valence electrons. The van der Waals surface area contributed by atoms with Crippen LogP contribution in [0.15, 0.2) is 42.0 Å². The van der Waals surface area contributed by atoms with Gasteiger partial charge in [0, 0.05) is 0 Å². The lowest BCUT2D eigenvalue weighted by Gasteiger charge is -2.04. The number of carbonyl (C=O) groups excluding carboxylic acids is 2. The number of methoxy groups -OCH3 is 1. The van der Waals surface area contributed by atoms with Crippen LogP contribution in [0.1, 0.15) is 19.4 Å². The van der Waals surface area contributed by atoms with E-state index in [4.69, 9.17) is 4.74 Å². The molecule has 0 aliphatic rings. The predicted octanol–water partition coefficient (Wildman–Crippen LogP) is 3.41. The largest absolute Gasteiger partial charge is 0.497 e. The highest BCUT2D eigenvalue weighted by atomic mass is 16.5. The molecule has 2 aromatic carbocycles. The van der Waals surface area contributed by atoms with Crippen LogP contribution in [-0.2, 0) is 9.59 Å². The van der Waals surface area contributed by atoms with Gasteiger partial charge in [-0.15, -0.1) is 0 Å². The molecule has 0 heterocycles. The second-order valence-electron chi connectivity index (χ2n) is 4.64. The lowest BCUT2D eigenvalue weighted by atomic mass is 10.0. The van der Waals surface area contributed by atoms with E-state index in [-0.39, 0.29) is 17.1 Å². The summed E-state index contributed by atoms with van der Waals surface area (Å²) in [5, 5.41) is 2.08. The molecule has 0 bridgehead atoms. The average Bonchev–Trinajstić information content (AvgIpc) is 2.43. The molecule has 2 aromatic rings. The number of rotatable bonds is 4. The lowest BCUT2D eigenvalue weighted by molar-refractivity contribution is -0.119. The van der Waals surface area contributed by atoms with Crippen molar-refractivity contribution in [2.45, 2.75) is 13.8 Å². The van der Waals surface area contributed by atoms with E-state index in [1.807, 2.05) is 36.4 Å². The summed E-state index contributed by atoms with van der Waals surface area (Å²) < 4.78 is 5.18. The van der Waals surface area contributed by atoms with Crippen molar-refractivity contribution in [3.63, 3.8) is 0 Å². The number of ketones is 2. The lowest BCUT2D eigenvalue weighted by Crippen LogP contribution is -2.05. The van der Waals surface area contributed by atoms with Gasteiger partial charge in [0.05, 0.1) is 12.7 Å². The van der Waals surface area contributed by atoms with Gasteiger partial charge in [-0.25, -0.2) is 0 Å². The first kappa shape index (κ1) is 14.0. The Bertz CT molecular complexity index is 695. The maximum Gasteiger partial charge on any atom is 0.163 e. The smallest absolute Gasteiger partial charge is 0.163 e. The van der Waals surface area contributed by atoms with Gasteiger partial charge in [0.25, 0.3) is 0 Å². The van der Waals surface area contributed by atoms with Crippen LogP contribution in [0, 0.1) is 0 Å². The van der Waals surface area contributed by atoms with E-state index < -0.39 is 0 Å². The minimum absolute atomic E-state index is 0.215. The van der Waals surface area contributed by atoms with Crippen molar-refractivity contribution in [3.8, 4) is 5.75 Å². The molecule has 20 heavy (non-hydrogen) atoms. The fourth-order valence-corrected chi connectivity index (χ4v) is 2.08. The van der Waals surface area contributed by atoms with Crippen molar-refractivity contribution in [2.24, 2.45) is 0 Å². The van der Waals surface area contributed by atoms with Gasteiger partial charge in [0.15, 0.2) is 11.6 Å². The molecule has 0 radical (unpaired) electrons. The fraction of sp³-hybridized carbons (Fsp3) is 0.176. The number of Topliss-reactive ketones (excluding diaryl/α,β-unsaturated/α-hetero) is 2. The highest BCUT2D eigenvalue weighted by Crippen LogP contribution is 2.23. The highest BCUT2D eigenvalue weighted by Gasteiger charge is 2.09. The van der Waals surface area contributed by atoms with Gasteiger partial charge in [-0.05, 0) is 54.5 Å². The SMILES string of the molecule is COc1ccc2cc(C=C(C(C)=O)C(C)=O)ccc2c1. The average molecular weight is 268 g/mol. The summed E-state index contributed by atoms with van der Waals surface area (Å²) in [7, 11) is 1.63. The summed E-state index contributed by atoms with van der Waals surface area (Å²) in [5.41, 5.74) is 1.06. The zero-order chi connectivity index (χ0) is 14.7. The fourth-order valence-electron chi connectivity index (χ4n) is 2.08. The normalized spacial score (nSPS) is 10.2. The topological polar surface area (TPSA) is 43.4 Å². The van der Waals surface area contributed by atoms with Crippen LogP contribution in [0.3, 0.4) is 0 Å². The van der Waals surface area contributed by atoms with Crippen LogP contribution in [0.4, 0.5) is 0 Å². The molecule has 0 atom stereocenters. The third kappa shape index (κ3) is 2.94. The van der Waals surface area contributed by atoms with Gasteiger partial charge < -0.3 is 4.74 Å². The van der Waals surface area contributed by atoms with Crippen molar-refractivity contribution in [1.29, 1.82) is 0 Å². The van der Waals surface area contributed by atoms with E-state index in [9.17, 15) is 9.59 Å². The van der Waals surface area contributed by atoms with E-state index in [0.717, 1.165) is 22.1 Å². The molecule has 0 amide bonds. The van der Waals surface area contributed by atoms with Crippen molar-refractivity contribution in [3.05, 3.63) is 47.5 Å². The van der Waals surface area contributed by atoms with Gasteiger partial charge >= 0.3 is 0 Å². The molecule has 0 aromatic heterocycles. The molecular formula is C17H16O3. The van der Waals surface area contributed by atoms with Crippen LogP contribution in [0.2, 0.25) is 0 Å². The van der Waals surface area contributed by atoms with E-state index >= 15 is 0 Å². The molecule has 0 spiro atoms. The quantitative estimate of drug-likeness (QED) is 0.485. The summed E-state index contributed by atoms with van der Waals surface area (Å²) in [5.74, 6) is 0.369. The third-order valence-electron chi connectivity index (χ3n) is 3.14. The third-order valence-corrected chi connectivity index (χ3v) is 3.14. The minimum Gasteiger partial charge on any atom is -0.497 e. The van der Waals surface area contributed by atoms with Crippen LogP contribution >= 0.6 is 0 Å². The first-order chi connectivity index (χ1) is 9.51. The van der Waals surface area contributed by atoms with Crippen molar-refractivity contribution in [2.75, 3.05) is 7.11 Å². The van der Waals surface area contributed by atoms with Crippen LogP contribution in [-0.4, -0.2) is 18.7 Å². The standard InChI is InChI=1S/C17H16O3/c1-11(18)17(12(2)19)9-13-4-5-15-10-16(20-3)7-6-14(15)8-13/h4-10H,1-3H3. The van der Waals surface area contributed by atoms with E-state index in [2.05, 4.69) is 0 Å². The Morgan fingerprint density at radius 1 is 0.950 bits per heavy atom. The number of carbonyl (C=O) groups is 2. The zero-order valence-electron chi connectivity index (χ0n) is 11.8. The second-order valence-corrected chi connectivity index (χ2v) is 4.64. The van der Waals surface area contributed by atoms with Gasteiger partial charge in [-0.2, -0.15) is 0 Å². The first-order valence-electron chi connectivity index (χ1n) is 6.32. The Hall–Kier alpha value is -2.42. The number of ether oxygens (including phenoxy) is 1. The molecular weight excluding hydrogens is 252 g/mol. The van der Waals surface area contributed by atoms with Gasteiger partial charge in [0.1, 0.15) is 5.75 Å². The van der Waals surface area contributed by atoms with E-state index in [0.29, 0.717) is 0 Å². The number of benzene rings is 2. The Labute approximate surface area is 117 Å². The first-order valence-corrected chi connectivity index (χ1v) is 6.32. The molecule has 0 aliphatic carbocycles. The molecule has 3 nitrogen and oxygen atoms in total. The Morgan fingerprint density at radius 2 is 1.55 bits per heavy atom. The Kier molecular flexibility index (Phi) is 3.99. The van der Waals surface area contributed by atoms with Crippen LogP contribution in [0.25, 0.3) is 16.8 Å². The molecule has 0 saturated carbocycles. The Balaban J connectivity index is 2.49. The van der Waals surface area contributed by atoms with Gasteiger partial charge in [0.2, 0.25) is 0 Å². The maximum absolute atomic E-state index is 11.4. The molecule has 0 N–H and O–H groups in total. The zero-order valence-corrected chi connectivity index (χ0v) is 11.8. The Morgan fingerprint density at radius 3 is 2.15 bits per heavy atom. The van der Waals surface area contributed by atoms with E-state index in [1.54, 1.807) is 13.2 Å². The second kappa shape index (κ2) is 5.70. The van der Waals surface area contributed by atoms with Gasteiger partial charge in [-0.3, -0.25) is 9.59 Å². The maximum atomic E-state index is 11.4. The van der Waals surface area contributed by atoms with Crippen molar-refractivity contribution < 1.29 is 14.3 Å². The summed E-state index contributed by atoms with van der Waals surface area (Å²) >= 11 is 0. The van der Waals surface area contributed by atoms with E-state index in [1.165, 1.54) is 13.8 Å². The number of hydrogen-bond donors (Lipinski definition) is 0. The van der Waals surface area contributed by atoms with Crippen molar-refractivity contribution in [1.82, 2.24) is 0 Å². The molecule has 0 unspecified atom stereocenters. The number of hydrogen-bond acceptors (Lipinski definition) is 3. The molecule has 2 rings (SSSR count). The van der Waals surface area contributed by atoms with Crippen LogP contribution in [0.5, 0.6) is 5.75 Å². The number of allylic oxidation sites excluding steroid dienone is 1. The minimum atomic E-state index is -0.215. The summed E-state index contributed by atoms with van der Waals surface area (Å²) in [6.07, 6.45) is 1.63. The number of fused-ring (bicyclic) bond motifs is 1. The monoisotopic (exact) mass is 268 g/mol. The molecule has 0 fully saturated rings. The van der Waals surface area contributed by atoms with Crippen LogP contribution < -0.4 is 4.74 Å². The highest BCUT2D eigenvalue weighted by molar-refractivity contribution is 6.21.